The predicted octanol–water partition coefficient (Wildman–Crippen LogP) is 0.438. The summed E-state index contributed by atoms with van der Waals surface area (Å²) >= 11 is 0. The molecule has 6 heteroatoms. The highest BCUT2D eigenvalue weighted by atomic mass is 16.3. The Morgan fingerprint density at radius 3 is 2.85 bits per heavy atom. The van der Waals surface area contributed by atoms with Gasteiger partial charge in [-0.25, -0.2) is 4.79 Å². The summed E-state index contributed by atoms with van der Waals surface area (Å²) < 4.78 is 0. The van der Waals surface area contributed by atoms with E-state index in [0.29, 0.717) is 12.2 Å². The second kappa shape index (κ2) is 6.37. The third kappa shape index (κ3) is 3.58. The molecule has 6 nitrogen and oxygen atoms in total. The van der Waals surface area contributed by atoms with Gasteiger partial charge in [-0.15, -0.1) is 0 Å². The van der Waals surface area contributed by atoms with Crippen LogP contribution in [0.4, 0.5) is 0 Å². The van der Waals surface area contributed by atoms with Crippen molar-refractivity contribution in [1.82, 2.24) is 14.9 Å². The Balaban J connectivity index is 2.09. The molecule has 2 heterocycles. The predicted molar refractivity (Wildman–Crippen MR) is 76.6 cm³/mol. The maximum atomic E-state index is 11.3. The summed E-state index contributed by atoms with van der Waals surface area (Å²) in [5.74, 6) is 0. The van der Waals surface area contributed by atoms with E-state index in [2.05, 4.69) is 21.8 Å². The molecule has 0 amide bonds. The molecule has 0 spiro atoms. The molecule has 1 aliphatic heterocycles. The molecule has 1 atom stereocenters. The number of nitrogens with zero attached hydrogens (tertiary/aromatic N) is 1. The number of rotatable bonds is 5. The van der Waals surface area contributed by atoms with Crippen LogP contribution in [-0.4, -0.2) is 39.7 Å². The summed E-state index contributed by atoms with van der Waals surface area (Å²) in [5, 5.41) is 9.71. The Morgan fingerprint density at radius 2 is 2.20 bits per heavy atom. The molecule has 2 rings (SSSR count). The Morgan fingerprint density at radius 1 is 1.40 bits per heavy atom. The SMILES string of the molecule is CCCC1(CO)CCCN(Cc2cc(=O)[nH]c(=O)[nH]2)C1. The van der Waals surface area contributed by atoms with E-state index in [1.165, 1.54) is 6.07 Å². The Hall–Kier alpha value is -1.40. The van der Waals surface area contributed by atoms with Gasteiger partial charge in [-0.3, -0.25) is 14.7 Å². The summed E-state index contributed by atoms with van der Waals surface area (Å²) in [5.41, 5.74) is -0.243. The number of aliphatic hydroxyl groups is 1. The molecule has 0 aromatic carbocycles. The van der Waals surface area contributed by atoms with Gasteiger partial charge in [0.05, 0.1) is 0 Å². The van der Waals surface area contributed by atoms with Crippen molar-refractivity contribution in [3.63, 3.8) is 0 Å². The minimum absolute atomic E-state index is 0.0332. The number of aromatic amines is 2. The van der Waals surface area contributed by atoms with Gasteiger partial charge in [-0.05, 0) is 25.8 Å². The van der Waals surface area contributed by atoms with Crippen molar-refractivity contribution < 1.29 is 5.11 Å². The Bertz CT molecular complexity index is 519. The van der Waals surface area contributed by atoms with E-state index < -0.39 is 5.69 Å². The second-order valence-electron chi connectivity index (χ2n) is 5.84. The molecule has 112 valence electrons. The molecule has 1 unspecified atom stereocenters. The van der Waals surface area contributed by atoms with Crippen molar-refractivity contribution >= 4 is 0 Å². The summed E-state index contributed by atoms with van der Waals surface area (Å²) in [6.07, 6.45) is 4.13. The molecular formula is C14H23N3O3. The van der Waals surface area contributed by atoms with E-state index in [1.807, 2.05) is 0 Å². The molecule has 0 saturated carbocycles. The summed E-state index contributed by atoms with van der Waals surface area (Å²) in [6.45, 7) is 4.62. The number of H-pyrrole nitrogens is 2. The molecular weight excluding hydrogens is 258 g/mol. The number of piperidine rings is 1. The Labute approximate surface area is 117 Å². The quantitative estimate of drug-likeness (QED) is 0.730. The van der Waals surface area contributed by atoms with Crippen LogP contribution in [0.1, 0.15) is 38.3 Å². The molecule has 20 heavy (non-hydrogen) atoms. The second-order valence-corrected chi connectivity index (χ2v) is 5.84. The van der Waals surface area contributed by atoms with Crippen molar-refractivity contribution in [2.24, 2.45) is 5.41 Å². The minimum atomic E-state index is -0.466. The Kier molecular flexibility index (Phi) is 4.77. The van der Waals surface area contributed by atoms with Crippen LogP contribution in [0.25, 0.3) is 0 Å². The summed E-state index contributed by atoms with van der Waals surface area (Å²) in [6, 6.07) is 1.43. The van der Waals surface area contributed by atoms with Gasteiger partial charge >= 0.3 is 5.69 Å². The van der Waals surface area contributed by atoms with Crippen LogP contribution in [-0.2, 0) is 6.54 Å². The van der Waals surface area contributed by atoms with E-state index in [0.717, 1.165) is 38.8 Å². The maximum absolute atomic E-state index is 11.3. The van der Waals surface area contributed by atoms with Gasteiger partial charge in [0.1, 0.15) is 0 Å². The zero-order valence-corrected chi connectivity index (χ0v) is 11.9. The van der Waals surface area contributed by atoms with Gasteiger partial charge in [0.2, 0.25) is 0 Å². The van der Waals surface area contributed by atoms with Gasteiger partial charge in [0.25, 0.3) is 5.56 Å². The highest BCUT2D eigenvalue weighted by Gasteiger charge is 2.34. The first kappa shape index (κ1) is 15.0. The van der Waals surface area contributed by atoms with E-state index in [4.69, 9.17) is 0 Å². The molecule has 0 bridgehead atoms. The van der Waals surface area contributed by atoms with E-state index in [1.54, 1.807) is 0 Å². The first-order valence-electron chi connectivity index (χ1n) is 7.23. The molecule has 1 fully saturated rings. The fraction of sp³-hybridized carbons (Fsp3) is 0.714. The van der Waals surface area contributed by atoms with E-state index in [9.17, 15) is 14.7 Å². The molecule has 0 radical (unpaired) electrons. The fourth-order valence-electron chi connectivity index (χ4n) is 3.23. The van der Waals surface area contributed by atoms with Crippen molar-refractivity contribution in [1.29, 1.82) is 0 Å². The van der Waals surface area contributed by atoms with Crippen LogP contribution < -0.4 is 11.2 Å². The number of aromatic nitrogens is 2. The number of nitrogens with one attached hydrogen (secondary N) is 2. The monoisotopic (exact) mass is 281 g/mol. The normalized spacial score (nSPS) is 23.9. The van der Waals surface area contributed by atoms with Crippen molar-refractivity contribution in [2.45, 2.75) is 39.2 Å². The molecule has 1 aromatic rings. The van der Waals surface area contributed by atoms with Crippen molar-refractivity contribution in [3.05, 3.63) is 32.6 Å². The largest absolute Gasteiger partial charge is 0.396 e. The average Bonchev–Trinajstić information content (AvgIpc) is 2.38. The van der Waals surface area contributed by atoms with Crippen LogP contribution in [0.3, 0.4) is 0 Å². The topological polar surface area (TPSA) is 89.2 Å². The van der Waals surface area contributed by atoms with Gasteiger partial charge in [-0.1, -0.05) is 13.3 Å². The first-order chi connectivity index (χ1) is 9.57. The highest BCUT2D eigenvalue weighted by molar-refractivity contribution is 4.99. The molecule has 0 aliphatic carbocycles. The minimum Gasteiger partial charge on any atom is -0.396 e. The van der Waals surface area contributed by atoms with Crippen molar-refractivity contribution in [2.75, 3.05) is 19.7 Å². The van der Waals surface area contributed by atoms with E-state index >= 15 is 0 Å². The number of aliphatic hydroxyl groups excluding tert-OH is 1. The number of likely N-dealkylation sites (tertiary alicyclic amines) is 1. The lowest BCUT2D eigenvalue weighted by Crippen LogP contribution is -2.45. The number of hydrogen-bond acceptors (Lipinski definition) is 4. The molecule has 3 N–H and O–H groups in total. The van der Waals surface area contributed by atoms with E-state index in [-0.39, 0.29) is 17.6 Å². The highest BCUT2D eigenvalue weighted by Crippen LogP contribution is 2.34. The third-order valence-corrected chi connectivity index (χ3v) is 4.07. The van der Waals surface area contributed by atoms with Gasteiger partial charge in [0.15, 0.2) is 0 Å². The third-order valence-electron chi connectivity index (χ3n) is 4.07. The zero-order chi connectivity index (χ0) is 14.6. The standard InChI is InChI=1S/C14H23N3O3/c1-2-4-14(10-18)5-3-6-17(9-14)8-11-7-12(19)16-13(20)15-11/h7,18H,2-6,8-10H2,1H3,(H2,15,16,19,20). The fourth-order valence-corrected chi connectivity index (χ4v) is 3.23. The lowest BCUT2D eigenvalue weighted by Gasteiger charge is -2.41. The first-order valence-corrected chi connectivity index (χ1v) is 7.23. The molecule has 1 saturated heterocycles. The van der Waals surface area contributed by atoms with Crippen LogP contribution in [0.5, 0.6) is 0 Å². The van der Waals surface area contributed by atoms with Crippen LogP contribution in [0.15, 0.2) is 15.7 Å². The number of hydrogen-bond donors (Lipinski definition) is 3. The molecule has 1 aliphatic rings. The lowest BCUT2D eigenvalue weighted by molar-refractivity contribution is 0.0211. The lowest BCUT2D eigenvalue weighted by atomic mass is 9.77. The van der Waals surface area contributed by atoms with Crippen molar-refractivity contribution in [3.8, 4) is 0 Å². The summed E-state index contributed by atoms with van der Waals surface area (Å²) in [4.78, 5) is 29.6. The van der Waals surface area contributed by atoms with Gasteiger partial charge in [-0.2, -0.15) is 0 Å². The molecule has 1 aromatic heterocycles. The van der Waals surface area contributed by atoms with Crippen LogP contribution in [0.2, 0.25) is 0 Å². The maximum Gasteiger partial charge on any atom is 0.325 e. The van der Waals surface area contributed by atoms with Crippen LogP contribution >= 0.6 is 0 Å². The summed E-state index contributed by atoms with van der Waals surface area (Å²) in [7, 11) is 0. The smallest absolute Gasteiger partial charge is 0.325 e. The average molecular weight is 281 g/mol. The zero-order valence-electron chi connectivity index (χ0n) is 11.9. The van der Waals surface area contributed by atoms with Gasteiger partial charge in [0, 0.05) is 36.9 Å². The van der Waals surface area contributed by atoms with Gasteiger partial charge < -0.3 is 10.1 Å². The van der Waals surface area contributed by atoms with Crippen LogP contribution in [0, 0.1) is 5.41 Å².